The Balaban J connectivity index is 2.94. The molecule has 0 aromatic carbocycles. The van der Waals surface area contributed by atoms with Crippen molar-refractivity contribution in [2.24, 2.45) is 0 Å². The summed E-state index contributed by atoms with van der Waals surface area (Å²) < 4.78 is 0. The van der Waals surface area contributed by atoms with Crippen LogP contribution in [-0.4, -0.2) is 46.1 Å². The van der Waals surface area contributed by atoms with Gasteiger partial charge in [0.1, 0.15) is 0 Å². The predicted molar refractivity (Wildman–Crippen MR) is 80.9 cm³/mol. The van der Waals surface area contributed by atoms with Gasteiger partial charge in [0.05, 0.1) is 16.9 Å². The highest BCUT2D eigenvalue weighted by molar-refractivity contribution is 5.99. The Morgan fingerprint density at radius 1 is 1.45 bits per heavy atom. The Morgan fingerprint density at radius 3 is 2.70 bits per heavy atom. The number of nitrogens with one attached hydrogen (secondary N) is 1. The number of likely N-dealkylation sites (N-methyl/N-ethyl adjacent to an activating group) is 1. The number of anilines is 1. The van der Waals surface area contributed by atoms with Crippen LogP contribution in [0.3, 0.4) is 0 Å². The molecular formula is C15H25N3O2. The number of aliphatic hydroxyl groups is 1. The third-order valence-corrected chi connectivity index (χ3v) is 2.86. The topological polar surface area (TPSA) is 65.5 Å². The van der Waals surface area contributed by atoms with E-state index in [4.69, 9.17) is 0 Å². The number of pyridine rings is 1. The third-order valence-electron chi connectivity index (χ3n) is 2.86. The van der Waals surface area contributed by atoms with Gasteiger partial charge >= 0.3 is 0 Å². The summed E-state index contributed by atoms with van der Waals surface area (Å²) >= 11 is 0. The van der Waals surface area contributed by atoms with Crippen molar-refractivity contribution in [2.75, 3.05) is 25.0 Å². The molecule has 20 heavy (non-hydrogen) atoms. The van der Waals surface area contributed by atoms with Gasteiger partial charge in [-0.15, -0.1) is 0 Å². The van der Waals surface area contributed by atoms with Gasteiger partial charge in [-0.25, -0.2) is 0 Å². The van der Waals surface area contributed by atoms with Crippen molar-refractivity contribution < 1.29 is 9.90 Å². The first kappa shape index (κ1) is 16.4. The Labute approximate surface area is 121 Å². The number of hydrogen-bond acceptors (Lipinski definition) is 4. The first-order chi connectivity index (χ1) is 9.39. The summed E-state index contributed by atoms with van der Waals surface area (Å²) in [6.45, 7) is 9.02. The first-order valence-electron chi connectivity index (χ1n) is 7.08. The number of carbonyl (C=O) groups is 1. The second-order valence-electron chi connectivity index (χ2n) is 5.48. The summed E-state index contributed by atoms with van der Waals surface area (Å²) in [6.07, 6.45) is 4.23. The van der Waals surface area contributed by atoms with E-state index in [2.05, 4.69) is 17.2 Å². The van der Waals surface area contributed by atoms with E-state index in [1.54, 1.807) is 37.2 Å². The number of rotatable bonds is 7. The molecule has 5 heteroatoms. The molecule has 1 heterocycles. The quantitative estimate of drug-likeness (QED) is 0.802. The van der Waals surface area contributed by atoms with Crippen LogP contribution >= 0.6 is 0 Å². The maximum Gasteiger partial charge on any atom is 0.257 e. The fourth-order valence-corrected chi connectivity index (χ4v) is 1.94. The maximum atomic E-state index is 12.6. The van der Waals surface area contributed by atoms with E-state index in [-0.39, 0.29) is 5.91 Å². The highest BCUT2D eigenvalue weighted by Gasteiger charge is 2.23. The molecule has 0 aliphatic rings. The Hall–Kier alpha value is -1.62. The fourth-order valence-electron chi connectivity index (χ4n) is 1.94. The number of nitrogens with zero attached hydrogens (tertiary/aromatic N) is 2. The first-order valence-corrected chi connectivity index (χ1v) is 7.08. The minimum absolute atomic E-state index is 0.110. The molecule has 0 atom stereocenters. The summed E-state index contributed by atoms with van der Waals surface area (Å²) in [4.78, 5) is 18.2. The molecule has 0 radical (unpaired) electrons. The summed E-state index contributed by atoms with van der Waals surface area (Å²) in [7, 11) is 0. The summed E-state index contributed by atoms with van der Waals surface area (Å²) in [6, 6.07) is 1.81. The van der Waals surface area contributed by atoms with E-state index in [1.807, 2.05) is 6.92 Å². The average Bonchev–Trinajstić information content (AvgIpc) is 2.41. The van der Waals surface area contributed by atoms with Crippen LogP contribution in [0.5, 0.6) is 0 Å². The lowest BCUT2D eigenvalue weighted by Gasteiger charge is -2.28. The molecular weight excluding hydrogens is 254 g/mol. The number of carbonyl (C=O) groups excluding carboxylic acids is 1. The van der Waals surface area contributed by atoms with E-state index < -0.39 is 5.60 Å². The van der Waals surface area contributed by atoms with Crippen LogP contribution in [0.2, 0.25) is 0 Å². The van der Waals surface area contributed by atoms with Gasteiger partial charge in [-0.2, -0.15) is 0 Å². The highest BCUT2D eigenvalue weighted by Crippen LogP contribution is 2.17. The fraction of sp³-hybridized carbons (Fsp3) is 0.600. The van der Waals surface area contributed by atoms with Crippen LogP contribution in [0.15, 0.2) is 18.5 Å². The van der Waals surface area contributed by atoms with Gasteiger partial charge in [0, 0.05) is 32.0 Å². The molecule has 112 valence electrons. The second-order valence-corrected chi connectivity index (χ2v) is 5.48. The van der Waals surface area contributed by atoms with Crippen molar-refractivity contribution in [3.05, 3.63) is 24.0 Å². The molecule has 1 amide bonds. The molecule has 0 fully saturated rings. The SMILES string of the molecule is CCCNc1ccncc1C(=O)N(CC)CC(C)(C)O. The van der Waals surface area contributed by atoms with E-state index >= 15 is 0 Å². The molecule has 0 aliphatic carbocycles. The third kappa shape index (κ3) is 4.81. The van der Waals surface area contributed by atoms with Crippen LogP contribution in [0.4, 0.5) is 5.69 Å². The van der Waals surface area contributed by atoms with Gasteiger partial charge in [-0.05, 0) is 33.3 Å². The van der Waals surface area contributed by atoms with E-state index in [0.717, 1.165) is 18.7 Å². The Kier molecular flexibility index (Phi) is 5.95. The molecule has 5 nitrogen and oxygen atoms in total. The molecule has 0 bridgehead atoms. The predicted octanol–water partition coefficient (Wildman–Crippen LogP) is 2.14. The summed E-state index contributed by atoms with van der Waals surface area (Å²) in [5, 5.41) is 13.1. The molecule has 2 N–H and O–H groups in total. The van der Waals surface area contributed by atoms with Gasteiger partial charge < -0.3 is 15.3 Å². The number of aromatic nitrogens is 1. The molecule has 0 unspecified atom stereocenters. The number of hydrogen-bond donors (Lipinski definition) is 2. The van der Waals surface area contributed by atoms with Crippen LogP contribution in [0.25, 0.3) is 0 Å². The van der Waals surface area contributed by atoms with Gasteiger partial charge in [-0.3, -0.25) is 9.78 Å². The van der Waals surface area contributed by atoms with Crippen LogP contribution in [0, 0.1) is 0 Å². The molecule has 0 saturated carbocycles. The van der Waals surface area contributed by atoms with Crippen molar-refractivity contribution in [3.63, 3.8) is 0 Å². The molecule has 1 rings (SSSR count). The molecule has 0 saturated heterocycles. The smallest absolute Gasteiger partial charge is 0.257 e. The van der Waals surface area contributed by atoms with Gasteiger partial charge in [0.2, 0.25) is 0 Å². The second kappa shape index (κ2) is 7.24. The zero-order valence-corrected chi connectivity index (χ0v) is 12.8. The van der Waals surface area contributed by atoms with E-state index in [1.165, 1.54) is 0 Å². The van der Waals surface area contributed by atoms with Gasteiger partial charge in [0.25, 0.3) is 5.91 Å². The van der Waals surface area contributed by atoms with Crippen molar-refractivity contribution in [1.29, 1.82) is 0 Å². The van der Waals surface area contributed by atoms with Gasteiger partial charge in [0.15, 0.2) is 0 Å². The Morgan fingerprint density at radius 2 is 2.15 bits per heavy atom. The maximum absolute atomic E-state index is 12.6. The minimum atomic E-state index is -0.912. The van der Waals surface area contributed by atoms with Crippen LogP contribution < -0.4 is 5.32 Å². The van der Waals surface area contributed by atoms with Crippen LogP contribution in [-0.2, 0) is 0 Å². The van der Waals surface area contributed by atoms with Crippen molar-refractivity contribution in [1.82, 2.24) is 9.88 Å². The monoisotopic (exact) mass is 279 g/mol. The molecule has 1 aromatic rings. The zero-order chi connectivity index (χ0) is 15.2. The standard InChI is InChI=1S/C15H25N3O2/c1-5-8-17-13-7-9-16-10-12(13)14(19)18(6-2)11-15(3,4)20/h7,9-10,20H,5-6,8,11H2,1-4H3,(H,16,17). The molecule has 0 aliphatic heterocycles. The van der Waals surface area contributed by atoms with Gasteiger partial charge in [-0.1, -0.05) is 6.92 Å². The molecule has 1 aromatic heterocycles. The minimum Gasteiger partial charge on any atom is -0.389 e. The van der Waals surface area contributed by atoms with Crippen LogP contribution in [0.1, 0.15) is 44.5 Å². The highest BCUT2D eigenvalue weighted by atomic mass is 16.3. The van der Waals surface area contributed by atoms with Crippen molar-refractivity contribution in [3.8, 4) is 0 Å². The van der Waals surface area contributed by atoms with E-state index in [0.29, 0.717) is 18.7 Å². The Bertz CT molecular complexity index is 441. The average molecular weight is 279 g/mol. The lowest BCUT2D eigenvalue weighted by molar-refractivity contribution is 0.0315. The normalized spacial score (nSPS) is 11.2. The number of amides is 1. The van der Waals surface area contributed by atoms with Crippen molar-refractivity contribution in [2.45, 2.75) is 39.7 Å². The summed E-state index contributed by atoms with van der Waals surface area (Å²) in [5.74, 6) is -0.110. The zero-order valence-electron chi connectivity index (χ0n) is 12.8. The van der Waals surface area contributed by atoms with Crippen molar-refractivity contribution >= 4 is 11.6 Å². The van der Waals surface area contributed by atoms with E-state index in [9.17, 15) is 9.90 Å². The summed E-state index contributed by atoms with van der Waals surface area (Å²) in [5.41, 5.74) is 0.429. The largest absolute Gasteiger partial charge is 0.389 e. The lowest BCUT2D eigenvalue weighted by atomic mass is 10.1. The molecule has 0 spiro atoms. The lowest BCUT2D eigenvalue weighted by Crippen LogP contribution is -2.42.